The van der Waals surface area contributed by atoms with Gasteiger partial charge in [0.05, 0.1) is 5.37 Å². The monoisotopic (exact) mass is 237 g/mol. The first-order valence-corrected chi connectivity index (χ1v) is 6.30. The summed E-state index contributed by atoms with van der Waals surface area (Å²) in [5.41, 5.74) is 3.62. The van der Waals surface area contributed by atoms with Crippen molar-refractivity contribution in [1.82, 2.24) is 5.32 Å². The van der Waals surface area contributed by atoms with Crippen LogP contribution < -0.4 is 5.32 Å². The minimum Gasteiger partial charge on any atom is -0.480 e. The second-order valence-corrected chi connectivity index (χ2v) is 5.27. The third-order valence-electron chi connectivity index (χ3n) is 2.80. The van der Waals surface area contributed by atoms with E-state index in [4.69, 9.17) is 5.11 Å². The van der Waals surface area contributed by atoms with Crippen LogP contribution in [0, 0.1) is 13.8 Å². The van der Waals surface area contributed by atoms with Crippen LogP contribution in [0.3, 0.4) is 0 Å². The van der Waals surface area contributed by atoms with Crippen molar-refractivity contribution in [2.24, 2.45) is 0 Å². The number of benzene rings is 1. The van der Waals surface area contributed by atoms with E-state index < -0.39 is 12.0 Å². The van der Waals surface area contributed by atoms with Gasteiger partial charge in [0.25, 0.3) is 0 Å². The van der Waals surface area contributed by atoms with E-state index in [2.05, 4.69) is 37.4 Å². The van der Waals surface area contributed by atoms with E-state index in [0.29, 0.717) is 5.75 Å². The number of carbonyl (C=O) groups is 1. The first-order valence-electron chi connectivity index (χ1n) is 5.25. The van der Waals surface area contributed by atoms with E-state index in [1.807, 2.05) is 0 Å². The first kappa shape index (κ1) is 11.5. The Kier molecular flexibility index (Phi) is 3.21. The van der Waals surface area contributed by atoms with Gasteiger partial charge in [-0.2, -0.15) is 0 Å². The Bertz CT molecular complexity index is 419. The number of carboxylic acid groups (broad SMARTS) is 1. The SMILES string of the molecule is Cc1ccc(C)c(C2N[C@@H](C(=O)O)CS2)c1. The van der Waals surface area contributed by atoms with Gasteiger partial charge in [0.2, 0.25) is 0 Å². The normalized spacial score (nSPS) is 24.6. The summed E-state index contributed by atoms with van der Waals surface area (Å²) in [4.78, 5) is 10.9. The van der Waals surface area contributed by atoms with Gasteiger partial charge in [-0.3, -0.25) is 10.1 Å². The summed E-state index contributed by atoms with van der Waals surface area (Å²) in [6.45, 7) is 4.11. The highest BCUT2D eigenvalue weighted by atomic mass is 32.2. The van der Waals surface area contributed by atoms with Crippen LogP contribution in [0.4, 0.5) is 0 Å². The fourth-order valence-corrected chi connectivity index (χ4v) is 3.15. The summed E-state index contributed by atoms with van der Waals surface area (Å²) in [7, 11) is 0. The van der Waals surface area contributed by atoms with Crippen molar-refractivity contribution in [2.45, 2.75) is 25.3 Å². The largest absolute Gasteiger partial charge is 0.480 e. The van der Waals surface area contributed by atoms with Crippen molar-refractivity contribution in [3.63, 3.8) is 0 Å². The van der Waals surface area contributed by atoms with Crippen LogP contribution in [0.25, 0.3) is 0 Å². The maximum atomic E-state index is 10.9. The van der Waals surface area contributed by atoms with Crippen molar-refractivity contribution in [3.8, 4) is 0 Å². The van der Waals surface area contributed by atoms with Crippen LogP contribution in [0.15, 0.2) is 18.2 Å². The van der Waals surface area contributed by atoms with Gasteiger partial charge in [0, 0.05) is 5.75 Å². The second kappa shape index (κ2) is 4.47. The summed E-state index contributed by atoms with van der Waals surface area (Å²) in [6, 6.07) is 5.87. The van der Waals surface area contributed by atoms with Gasteiger partial charge in [0.1, 0.15) is 6.04 Å². The Hall–Kier alpha value is -1.00. The molecule has 4 heteroatoms. The van der Waals surface area contributed by atoms with Crippen molar-refractivity contribution in [3.05, 3.63) is 34.9 Å². The maximum absolute atomic E-state index is 10.9. The van der Waals surface area contributed by atoms with Gasteiger partial charge < -0.3 is 5.11 Å². The zero-order valence-corrected chi connectivity index (χ0v) is 10.2. The topological polar surface area (TPSA) is 49.3 Å². The Labute approximate surface area is 99.2 Å². The molecule has 0 aromatic heterocycles. The molecule has 1 fully saturated rings. The van der Waals surface area contributed by atoms with E-state index >= 15 is 0 Å². The number of thioether (sulfide) groups is 1. The molecule has 86 valence electrons. The number of aliphatic carboxylic acids is 1. The quantitative estimate of drug-likeness (QED) is 0.827. The molecule has 2 rings (SSSR count). The van der Waals surface area contributed by atoms with Crippen LogP contribution in [-0.4, -0.2) is 22.9 Å². The van der Waals surface area contributed by atoms with Crippen molar-refractivity contribution < 1.29 is 9.90 Å². The standard InChI is InChI=1S/C12H15NO2S/c1-7-3-4-8(2)9(5-7)11-13-10(6-16-11)12(14)15/h3-5,10-11,13H,6H2,1-2H3,(H,14,15)/t10-,11?/m1/s1. The van der Waals surface area contributed by atoms with Crippen LogP contribution in [0.5, 0.6) is 0 Å². The summed E-state index contributed by atoms with van der Waals surface area (Å²) in [5, 5.41) is 12.2. The number of carboxylic acids is 1. The summed E-state index contributed by atoms with van der Waals surface area (Å²) in [6.07, 6.45) is 0. The Morgan fingerprint density at radius 3 is 2.88 bits per heavy atom. The molecule has 0 saturated carbocycles. The van der Waals surface area contributed by atoms with E-state index in [-0.39, 0.29) is 5.37 Å². The molecule has 0 radical (unpaired) electrons. The molecule has 1 aromatic rings. The third-order valence-corrected chi connectivity index (χ3v) is 4.05. The molecule has 16 heavy (non-hydrogen) atoms. The van der Waals surface area contributed by atoms with Crippen LogP contribution in [-0.2, 0) is 4.79 Å². The molecule has 1 aromatic carbocycles. The van der Waals surface area contributed by atoms with Crippen molar-refractivity contribution in [1.29, 1.82) is 0 Å². The number of nitrogens with one attached hydrogen (secondary N) is 1. The summed E-state index contributed by atoms with van der Waals surface area (Å²) < 4.78 is 0. The van der Waals surface area contributed by atoms with E-state index in [1.54, 1.807) is 11.8 Å². The van der Waals surface area contributed by atoms with Gasteiger partial charge in [-0.05, 0) is 25.0 Å². The highest BCUT2D eigenvalue weighted by molar-refractivity contribution is 7.99. The predicted molar refractivity (Wildman–Crippen MR) is 65.7 cm³/mol. The highest BCUT2D eigenvalue weighted by Crippen LogP contribution is 2.34. The molecule has 3 nitrogen and oxygen atoms in total. The van der Waals surface area contributed by atoms with Gasteiger partial charge >= 0.3 is 5.97 Å². The molecule has 2 atom stereocenters. The number of aryl methyl sites for hydroxylation is 2. The number of hydrogen-bond donors (Lipinski definition) is 2. The molecule has 2 N–H and O–H groups in total. The molecular weight excluding hydrogens is 222 g/mol. The lowest BCUT2D eigenvalue weighted by molar-refractivity contribution is -0.138. The maximum Gasteiger partial charge on any atom is 0.321 e. The number of hydrogen-bond acceptors (Lipinski definition) is 3. The molecule has 0 amide bonds. The zero-order valence-electron chi connectivity index (χ0n) is 9.36. The third kappa shape index (κ3) is 2.23. The average Bonchev–Trinajstić information content (AvgIpc) is 2.70. The van der Waals surface area contributed by atoms with E-state index in [1.165, 1.54) is 16.7 Å². The fraction of sp³-hybridized carbons (Fsp3) is 0.417. The van der Waals surface area contributed by atoms with Gasteiger partial charge in [-0.25, -0.2) is 0 Å². The average molecular weight is 237 g/mol. The van der Waals surface area contributed by atoms with E-state index in [0.717, 1.165) is 0 Å². The lowest BCUT2D eigenvalue weighted by Crippen LogP contribution is -2.33. The van der Waals surface area contributed by atoms with Gasteiger partial charge in [0.15, 0.2) is 0 Å². The van der Waals surface area contributed by atoms with Crippen LogP contribution >= 0.6 is 11.8 Å². The van der Waals surface area contributed by atoms with Gasteiger partial charge in [-0.1, -0.05) is 23.8 Å². The molecule has 1 aliphatic heterocycles. The molecule has 1 saturated heterocycles. The smallest absolute Gasteiger partial charge is 0.321 e. The lowest BCUT2D eigenvalue weighted by atomic mass is 10.1. The zero-order chi connectivity index (χ0) is 11.7. The summed E-state index contributed by atoms with van der Waals surface area (Å²) in [5.74, 6) is -0.131. The molecule has 1 unspecified atom stereocenters. The minimum absolute atomic E-state index is 0.112. The predicted octanol–water partition coefficient (Wildman–Crippen LogP) is 2.09. The molecule has 0 spiro atoms. The van der Waals surface area contributed by atoms with Crippen LogP contribution in [0.2, 0.25) is 0 Å². The van der Waals surface area contributed by atoms with E-state index in [9.17, 15) is 4.79 Å². The lowest BCUT2D eigenvalue weighted by Gasteiger charge is -2.14. The first-order chi connectivity index (χ1) is 7.58. The molecule has 0 bridgehead atoms. The number of rotatable bonds is 2. The van der Waals surface area contributed by atoms with Crippen molar-refractivity contribution in [2.75, 3.05) is 5.75 Å². The fourth-order valence-electron chi connectivity index (χ4n) is 1.84. The summed E-state index contributed by atoms with van der Waals surface area (Å²) >= 11 is 1.66. The molecular formula is C12H15NO2S. The molecule has 1 heterocycles. The van der Waals surface area contributed by atoms with Crippen molar-refractivity contribution >= 4 is 17.7 Å². The Morgan fingerprint density at radius 1 is 1.50 bits per heavy atom. The minimum atomic E-state index is -0.764. The molecule has 1 aliphatic rings. The van der Waals surface area contributed by atoms with Gasteiger partial charge in [-0.15, -0.1) is 11.8 Å². The Morgan fingerprint density at radius 2 is 2.25 bits per heavy atom. The van der Waals surface area contributed by atoms with Crippen LogP contribution in [0.1, 0.15) is 22.1 Å². The Balaban J connectivity index is 2.20. The highest BCUT2D eigenvalue weighted by Gasteiger charge is 2.30. The molecule has 0 aliphatic carbocycles. The second-order valence-electron chi connectivity index (χ2n) is 4.13.